The SMILES string of the molecule is C=CC(O)CCc1cc(OC)ccc1O. The van der Waals surface area contributed by atoms with Crippen molar-refractivity contribution in [2.45, 2.75) is 18.9 Å². The van der Waals surface area contributed by atoms with Crippen molar-refractivity contribution in [2.75, 3.05) is 7.11 Å². The van der Waals surface area contributed by atoms with Crippen LogP contribution in [0.3, 0.4) is 0 Å². The summed E-state index contributed by atoms with van der Waals surface area (Å²) in [5.74, 6) is 0.933. The number of aliphatic hydroxyl groups excluding tert-OH is 1. The van der Waals surface area contributed by atoms with E-state index in [1.165, 1.54) is 6.08 Å². The summed E-state index contributed by atoms with van der Waals surface area (Å²) in [5, 5.41) is 18.9. The predicted molar refractivity (Wildman–Crippen MR) is 59.2 cm³/mol. The second-order valence-electron chi connectivity index (χ2n) is 3.34. The molecular formula is C12H16O3. The molecule has 1 aromatic rings. The molecule has 0 saturated carbocycles. The molecule has 0 aromatic heterocycles. The van der Waals surface area contributed by atoms with Gasteiger partial charge in [-0.25, -0.2) is 0 Å². The summed E-state index contributed by atoms with van der Waals surface area (Å²) < 4.78 is 5.05. The molecule has 1 atom stereocenters. The third-order valence-electron chi connectivity index (χ3n) is 2.27. The molecule has 0 aliphatic rings. The largest absolute Gasteiger partial charge is 0.508 e. The zero-order valence-electron chi connectivity index (χ0n) is 8.81. The van der Waals surface area contributed by atoms with Crippen LogP contribution in [0.2, 0.25) is 0 Å². The quantitative estimate of drug-likeness (QED) is 0.726. The summed E-state index contributed by atoms with van der Waals surface area (Å²) >= 11 is 0. The maximum atomic E-state index is 9.55. The van der Waals surface area contributed by atoms with Gasteiger partial charge in [-0.3, -0.25) is 0 Å². The maximum absolute atomic E-state index is 9.55. The van der Waals surface area contributed by atoms with Crippen LogP contribution in [-0.4, -0.2) is 23.4 Å². The normalized spacial score (nSPS) is 12.1. The van der Waals surface area contributed by atoms with E-state index in [-0.39, 0.29) is 5.75 Å². The Morgan fingerprint density at radius 3 is 2.87 bits per heavy atom. The Morgan fingerprint density at radius 2 is 2.27 bits per heavy atom. The molecule has 0 bridgehead atoms. The fourth-order valence-corrected chi connectivity index (χ4v) is 1.31. The second kappa shape index (κ2) is 5.41. The summed E-state index contributed by atoms with van der Waals surface area (Å²) in [6, 6.07) is 5.06. The van der Waals surface area contributed by atoms with E-state index >= 15 is 0 Å². The van der Waals surface area contributed by atoms with Crippen LogP contribution < -0.4 is 4.74 Å². The van der Waals surface area contributed by atoms with Crippen LogP contribution in [0.5, 0.6) is 11.5 Å². The molecular weight excluding hydrogens is 192 g/mol. The molecule has 82 valence electrons. The molecule has 0 amide bonds. The lowest BCUT2D eigenvalue weighted by molar-refractivity contribution is 0.213. The fraction of sp³-hybridized carbons (Fsp3) is 0.333. The molecule has 1 rings (SSSR count). The van der Waals surface area contributed by atoms with Crippen molar-refractivity contribution < 1.29 is 14.9 Å². The van der Waals surface area contributed by atoms with Crippen LogP contribution >= 0.6 is 0 Å². The van der Waals surface area contributed by atoms with Crippen molar-refractivity contribution in [3.05, 3.63) is 36.4 Å². The van der Waals surface area contributed by atoms with E-state index in [2.05, 4.69) is 6.58 Å². The lowest BCUT2D eigenvalue weighted by Crippen LogP contribution is -2.03. The first-order chi connectivity index (χ1) is 7.17. The average molecular weight is 208 g/mol. The third kappa shape index (κ3) is 3.29. The van der Waals surface area contributed by atoms with Gasteiger partial charge in [0.05, 0.1) is 13.2 Å². The monoisotopic (exact) mass is 208 g/mol. The second-order valence-corrected chi connectivity index (χ2v) is 3.34. The van der Waals surface area contributed by atoms with Crippen molar-refractivity contribution >= 4 is 0 Å². The van der Waals surface area contributed by atoms with Gasteiger partial charge in [-0.05, 0) is 36.6 Å². The predicted octanol–water partition coefficient (Wildman–Crippen LogP) is 1.88. The molecule has 0 heterocycles. The Hall–Kier alpha value is -1.48. The molecule has 0 fully saturated rings. The van der Waals surface area contributed by atoms with Crippen LogP contribution in [0, 0.1) is 0 Å². The Balaban J connectivity index is 2.70. The molecule has 1 aromatic carbocycles. The molecule has 0 radical (unpaired) electrons. The van der Waals surface area contributed by atoms with Crippen LogP contribution in [0.4, 0.5) is 0 Å². The van der Waals surface area contributed by atoms with Gasteiger partial charge in [-0.2, -0.15) is 0 Å². The molecule has 3 heteroatoms. The first-order valence-electron chi connectivity index (χ1n) is 4.84. The maximum Gasteiger partial charge on any atom is 0.119 e. The van der Waals surface area contributed by atoms with Crippen molar-refractivity contribution in [1.82, 2.24) is 0 Å². The summed E-state index contributed by atoms with van der Waals surface area (Å²) in [6.45, 7) is 3.49. The highest BCUT2D eigenvalue weighted by Crippen LogP contribution is 2.24. The lowest BCUT2D eigenvalue weighted by atomic mass is 10.1. The van der Waals surface area contributed by atoms with Crippen molar-refractivity contribution in [2.24, 2.45) is 0 Å². The van der Waals surface area contributed by atoms with Gasteiger partial charge in [-0.15, -0.1) is 6.58 Å². The van der Waals surface area contributed by atoms with Crippen LogP contribution in [0.1, 0.15) is 12.0 Å². The highest BCUT2D eigenvalue weighted by molar-refractivity contribution is 5.39. The zero-order valence-corrected chi connectivity index (χ0v) is 8.81. The van der Waals surface area contributed by atoms with Crippen LogP contribution in [0.15, 0.2) is 30.9 Å². The fourth-order valence-electron chi connectivity index (χ4n) is 1.31. The van der Waals surface area contributed by atoms with E-state index in [0.29, 0.717) is 18.6 Å². The van der Waals surface area contributed by atoms with Crippen molar-refractivity contribution in [1.29, 1.82) is 0 Å². The van der Waals surface area contributed by atoms with Crippen molar-refractivity contribution in [3.8, 4) is 11.5 Å². The van der Waals surface area contributed by atoms with Gasteiger partial charge in [0, 0.05) is 0 Å². The van der Waals surface area contributed by atoms with Gasteiger partial charge >= 0.3 is 0 Å². The number of methoxy groups -OCH3 is 1. The number of phenolic OH excluding ortho intramolecular Hbond substituents is 1. The molecule has 2 N–H and O–H groups in total. The van der Waals surface area contributed by atoms with Crippen LogP contribution in [0.25, 0.3) is 0 Å². The molecule has 0 saturated heterocycles. The number of rotatable bonds is 5. The molecule has 0 spiro atoms. The Kier molecular flexibility index (Phi) is 4.18. The number of benzene rings is 1. The third-order valence-corrected chi connectivity index (χ3v) is 2.27. The minimum Gasteiger partial charge on any atom is -0.508 e. The Bertz CT molecular complexity index is 334. The topological polar surface area (TPSA) is 49.7 Å². The van der Waals surface area contributed by atoms with Crippen LogP contribution in [-0.2, 0) is 6.42 Å². The minimum atomic E-state index is -0.532. The summed E-state index contributed by atoms with van der Waals surface area (Å²) in [7, 11) is 1.58. The van der Waals surface area contributed by atoms with Gasteiger partial charge in [0.25, 0.3) is 0 Å². The first-order valence-corrected chi connectivity index (χ1v) is 4.84. The summed E-state index contributed by atoms with van der Waals surface area (Å²) in [4.78, 5) is 0. The summed E-state index contributed by atoms with van der Waals surface area (Å²) in [6.07, 6.45) is 2.09. The number of hydrogen-bond acceptors (Lipinski definition) is 3. The first kappa shape index (κ1) is 11.6. The lowest BCUT2D eigenvalue weighted by Gasteiger charge is -2.08. The zero-order chi connectivity index (χ0) is 11.3. The Labute approximate surface area is 89.6 Å². The molecule has 0 aliphatic carbocycles. The van der Waals surface area contributed by atoms with Gasteiger partial charge in [0.2, 0.25) is 0 Å². The van der Waals surface area contributed by atoms with E-state index in [1.807, 2.05) is 0 Å². The average Bonchev–Trinajstić information content (AvgIpc) is 2.27. The van der Waals surface area contributed by atoms with Crippen molar-refractivity contribution in [3.63, 3.8) is 0 Å². The van der Waals surface area contributed by atoms with E-state index < -0.39 is 6.10 Å². The molecule has 0 aliphatic heterocycles. The van der Waals surface area contributed by atoms with E-state index in [1.54, 1.807) is 25.3 Å². The molecule has 1 unspecified atom stereocenters. The van der Waals surface area contributed by atoms with Gasteiger partial charge in [-0.1, -0.05) is 6.08 Å². The number of aryl methyl sites for hydroxylation is 1. The van der Waals surface area contributed by atoms with Gasteiger partial charge in [0.1, 0.15) is 11.5 Å². The highest BCUT2D eigenvalue weighted by Gasteiger charge is 2.05. The Morgan fingerprint density at radius 1 is 1.53 bits per heavy atom. The molecule has 3 nitrogen and oxygen atoms in total. The van der Waals surface area contributed by atoms with Gasteiger partial charge < -0.3 is 14.9 Å². The number of aliphatic hydroxyl groups is 1. The minimum absolute atomic E-state index is 0.229. The van der Waals surface area contributed by atoms with E-state index in [4.69, 9.17) is 4.74 Å². The van der Waals surface area contributed by atoms with E-state index in [0.717, 1.165) is 5.56 Å². The number of ether oxygens (including phenoxy) is 1. The highest BCUT2D eigenvalue weighted by atomic mass is 16.5. The summed E-state index contributed by atoms with van der Waals surface area (Å²) in [5.41, 5.74) is 0.773. The number of aromatic hydroxyl groups is 1. The number of phenols is 1. The van der Waals surface area contributed by atoms with E-state index in [9.17, 15) is 10.2 Å². The number of hydrogen-bond donors (Lipinski definition) is 2. The molecule has 15 heavy (non-hydrogen) atoms. The standard InChI is InChI=1S/C12H16O3/c1-3-10(13)5-4-9-8-11(15-2)6-7-12(9)14/h3,6-8,10,13-14H,1,4-5H2,2H3. The smallest absolute Gasteiger partial charge is 0.119 e. The van der Waals surface area contributed by atoms with Gasteiger partial charge in [0.15, 0.2) is 0 Å².